The Hall–Kier alpha value is -1.57. The molecule has 0 saturated carbocycles. The summed E-state index contributed by atoms with van der Waals surface area (Å²) in [4.78, 5) is 13.9. The minimum atomic E-state index is 0.105. The Morgan fingerprint density at radius 2 is 2.06 bits per heavy atom. The number of hydrogen-bond donors (Lipinski definition) is 0. The highest BCUT2D eigenvalue weighted by Gasteiger charge is 2.30. The highest BCUT2D eigenvalue weighted by atomic mass is 16.2. The van der Waals surface area contributed by atoms with Crippen molar-refractivity contribution >= 4 is 11.6 Å². The lowest BCUT2D eigenvalue weighted by Crippen LogP contribution is -2.23. The maximum absolute atomic E-state index is 12.1. The molecule has 1 aliphatic rings. The predicted octanol–water partition coefficient (Wildman–Crippen LogP) is 3.22. The van der Waals surface area contributed by atoms with E-state index in [1.165, 1.54) is 5.56 Å². The second-order valence-electron chi connectivity index (χ2n) is 4.31. The molecule has 2 heteroatoms. The Morgan fingerprint density at radius 1 is 1.31 bits per heavy atom. The highest BCUT2D eigenvalue weighted by Crippen LogP contribution is 2.32. The summed E-state index contributed by atoms with van der Waals surface area (Å²) in [5, 5.41) is 0. The second kappa shape index (κ2) is 4.12. The van der Waals surface area contributed by atoms with Crippen molar-refractivity contribution in [1.82, 2.24) is 4.90 Å². The Morgan fingerprint density at radius 3 is 2.75 bits per heavy atom. The summed E-state index contributed by atoms with van der Waals surface area (Å²) in [5.41, 5.74) is 3.83. The molecule has 1 amide bonds. The van der Waals surface area contributed by atoms with E-state index in [1.807, 2.05) is 25.1 Å². The van der Waals surface area contributed by atoms with Gasteiger partial charge in [-0.15, -0.1) is 0 Å². The average Bonchev–Trinajstić information content (AvgIpc) is 2.50. The molecule has 0 saturated heterocycles. The number of unbranched alkanes of at least 4 members (excludes halogenated alkanes) is 1. The molecular weight excluding hydrogens is 198 g/mol. The van der Waals surface area contributed by atoms with E-state index < -0.39 is 0 Å². The number of carbonyl (C=O) groups is 1. The monoisotopic (exact) mass is 215 g/mol. The normalized spacial score (nSPS) is 14.5. The van der Waals surface area contributed by atoms with Gasteiger partial charge in [0.1, 0.15) is 0 Å². The number of rotatable bonds is 3. The molecule has 16 heavy (non-hydrogen) atoms. The molecule has 0 fully saturated rings. The molecule has 1 aliphatic heterocycles. The van der Waals surface area contributed by atoms with Gasteiger partial charge in [0.25, 0.3) is 5.91 Å². The number of nitrogens with zero attached hydrogens (tertiary/aromatic N) is 1. The SMILES string of the molecule is C=C1c2cc(C)ccc2C(=O)N1CCCC. The van der Waals surface area contributed by atoms with Crippen LogP contribution in [0.3, 0.4) is 0 Å². The molecule has 2 nitrogen and oxygen atoms in total. The van der Waals surface area contributed by atoms with E-state index in [1.54, 1.807) is 4.90 Å². The third kappa shape index (κ3) is 1.64. The van der Waals surface area contributed by atoms with Crippen LogP contribution < -0.4 is 0 Å². The molecule has 1 aromatic rings. The van der Waals surface area contributed by atoms with Gasteiger partial charge in [0.15, 0.2) is 0 Å². The second-order valence-corrected chi connectivity index (χ2v) is 4.31. The summed E-state index contributed by atoms with van der Waals surface area (Å²) in [6.07, 6.45) is 2.12. The smallest absolute Gasteiger partial charge is 0.258 e. The molecular formula is C14H17NO. The fourth-order valence-electron chi connectivity index (χ4n) is 2.05. The number of amides is 1. The summed E-state index contributed by atoms with van der Waals surface area (Å²) in [6.45, 7) is 8.97. The Labute approximate surface area is 96.6 Å². The van der Waals surface area contributed by atoms with Gasteiger partial charge in [0, 0.05) is 23.4 Å². The van der Waals surface area contributed by atoms with Gasteiger partial charge in [-0.05, 0) is 25.5 Å². The van der Waals surface area contributed by atoms with E-state index in [4.69, 9.17) is 0 Å². The zero-order chi connectivity index (χ0) is 11.7. The first-order valence-corrected chi connectivity index (χ1v) is 5.77. The van der Waals surface area contributed by atoms with Crippen LogP contribution >= 0.6 is 0 Å². The largest absolute Gasteiger partial charge is 0.308 e. The summed E-state index contributed by atoms with van der Waals surface area (Å²) in [7, 11) is 0. The van der Waals surface area contributed by atoms with Gasteiger partial charge in [-0.25, -0.2) is 0 Å². The third-order valence-corrected chi connectivity index (χ3v) is 3.02. The Bertz CT molecular complexity index is 448. The standard InChI is InChI=1S/C14H17NO/c1-4-5-8-15-11(3)13-9-10(2)6-7-12(13)14(15)16/h6-7,9H,3-5,8H2,1-2H3. The molecule has 84 valence electrons. The van der Waals surface area contributed by atoms with E-state index >= 15 is 0 Å². The Balaban J connectivity index is 2.33. The zero-order valence-corrected chi connectivity index (χ0v) is 9.92. The van der Waals surface area contributed by atoms with Crippen LogP contribution in [0.15, 0.2) is 24.8 Å². The molecule has 1 aromatic carbocycles. The lowest BCUT2D eigenvalue weighted by molar-refractivity contribution is 0.0849. The molecule has 2 rings (SSSR count). The maximum Gasteiger partial charge on any atom is 0.258 e. The van der Waals surface area contributed by atoms with Gasteiger partial charge in [-0.3, -0.25) is 4.79 Å². The van der Waals surface area contributed by atoms with E-state index in [-0.39, 0.29) is 5.91 Å². The van der Waals surface area contributed by atoms with E-state index in [0.29, 0.717) is 0 Å². The summed E-state index contributed by atoms with van der Waals surface area (Å²) >= 11 is 0. The van der Waals surface area contributed by atoms with Crippen molar-refractivity contribution in [2.75, 3.05) is 6.54 Å². The molecule has 0 N–H and O–H groups in total. The van der Waals surface area contributed by atoms with Crippen LogP contribution in [0.2, 0.25) is 0 Å². The van der Waals surface area contributed by atoms with Crippen LogP contribution in [0.4, 0.5) is 0 Å². The van der Waals surface area contributed by atoms with E-state index in [0.717, 1.165) is 36.2 Å². The maximum atomic E-state index is 12.1. The first-order chi connectivity index (χ1) is 7.65. The van der Waals surface area contributed by atoms with Gasteiger partial charge >= 0.3 is 0 Å². The van der Waals surface area contributed by atoms with Crippen LogP contribution in [0, 0.1) is 6.92 Å². The molecule has 0 unspecified atom stereocenters. The van der Waals surface area contributed by atoms with Crippen LogP contribution in [-0.4, -0.2) is 17.4 Å². The first kappa shape index (κ1) is 10.9. The lowest BCUT2D eigenvalue weighted by Gasteiger charge is -2.16. The van der Waals surface area contributed by atoms with E-state index in [2.05, 4.69) is 13.5 Å². The van der Waals surface area contributed by atoms with Gasteiger partial charge in [-0.2, -0.15) is 0 Å². The quantitative estimate of drug-likeness (QED) is 0.758. The number of aryl methyl sites for hydroxylation is 1. The van der Waals surface area contributed by atoms with Crippen molar-refractivity contribution < 1.29 is 4.79 Å². The van der Waals surface area contributed by atoms with E-state index in [9.17, 15) is 4.79 Å². The zero-order valence-electron chi connectivity index (χ0n) is 9.92. The number of carbonyl (C=O) groups excluding carboxylic acids is 1. The molecule has 1 heterocycles. The number of benzene rings is 1. The molecule has 0 spiro atoms. The predicted molar refractivity (Wildman–Crippen MR) is 66.2 cm³/mol. The van der Waals surface area contributed by atoms with Crippen molar-refractivity contribution in [3.8, 4) is 0 Å². The van der Waals surface area contributed by atoms with Crippen molar-refractivity contribution in [2.45, 2.75) is 26.7 Å². The van der Waals surface area contributed by atoms with Gasteiger partial charge < -0.3 is 4.90 Å². The topological polar surface area (TPSA) is 20.3 Å². The minimum absolute atomic E-state index is 0.105. The first-order valence-electron chi connectivity index (χ1n) is 5.77. The van der Waals surface area contributed by atoms with Crippen LogP contribution in [-0.2, 0) is 0 Å². The van der Waals surface area contributed by atoms with Crippen molar-refractivity contribution in [2.24, 2.45) is 0 Å². The number of hydrogen-bond acceptors (Lipinski definition) is 1. The lowest BCUT2D eigenvalue weighted by atomic mass is 10.1. The van der Waals surface area contributed by atoms with Crippen LogP contribution in [0.1, 0.15) is 41.3 Å². The molecule has 0 radical (unpaired) electrons. The average molecular weight is 215 g/mol. The minimum Gasteiger partial charge on any atom is -0.308 e. The fourth-order valence-corrected chi connectivity index (χ4v) is 2.05. The summed E-state index contributed by atoms with van der Waals surface area (Å²) in [6, 6.07) is 5.93. The van der Waals surface area contributed by atoms with Crippen molar-refractivity contribution in [3.05, 3.63) is 41.5 Å². The summed E-state index contributed by atoms with van der Waals surface area (Å²) in [5.74, 6) is 0.105. The van der Waals surface area contributed by atoms with Gasteiger partial charge in [0.05, 0.1) is 0 Å². The third-order valence-electron chi connectivity index (χ3n) is 3.02. The van der Waals surface area contributed by atoms with Crippen molar-refractivity contribution in [1.29, 1.82) is 0 Å². The molecule has 0 aromatic heterocycles. The molecule has 0 atom stereocenters. The van der Waals surface area contributed by atoms with Crippen molar-refractivity contribution in [3.63, 3.8) is 0 Å². The van der Waals surface area contributed by atoms with Gasteiger partial charge in [-0.1, -0.05) is 31.6 Å². The molecule has 0 aliphatic carbocycles. The molecule has 0 bridgehead atoms. The Kier molecular flexibility index (Phi) is 2.82. The highest BCUT2D eigenvalue weighted by molar-refractivity contribution is 6.08. The number of fused-ring (bicyclic) bond motifs is 1. The van der Waals surface area contributed by atoms with Crippen LogP contribution in [0.5, 0.6) is 0 Å². The van der Waals surface area contributed by atoms with Gasteiger partial charge in [0.2, 0.25) is 0 Å². The fraction of sp³-hybridized carbons (Fsp3) is 0.357. The summed E-state index contributed by atoms with van der Waals surface area (Å²) < 4.78 is 0. The van der Waals surface area contributed by atoms with Crippen LogP contribution in [0.25, 0.3) is 5.70 Å².